The maximum Gasteiger partial charge on any atom is 0.247 e. The Labute approximate surface area is 254 Å². The van der Waals surface area contributed by atoms with Crippen molar-refractivity contribution in [2.75, 3.05) is 38.5 Å². The third-order valence-electron chi connectivity index (χ3n) is 10.9. The van der Waals surface area contributed by atoms with Crippen molar-refractivity contribution >= 4 is 29.6 Å². The first-order valence-electron chi connectivity index (χ1n) is 16.3. The lowest BCUT2D eigenvalue weighted by molar-refractivity contribution is -0.139. The van der Waals surface area contributed by atoms with Crippen LogP contribution >= 0.6 is 0 Å². The van der Waals surface area contributed by atoms with Crippen LogP contribution in [0.5, 0.6) is 0 Å². The first-order valence-corrected chi connectivity index (χ1v) is 16.3. The summed E-state index contributed by atoms with van der Waals surface area (Å²) in [6, 6.07) is 3.69. The monoisotopic (exact) mass is 594 g/mol. The second-order valence-corrected chi connectivity index (χ2v) is 13.8. The number of piperazine rings is 1. The fourth-order valence-electron chi connectivity index (χ4n) is 7.33. The van der Waals surface area contributed by atoms with Crippen molar-refractivity contribution < 1.29 is 18.8 Å². The second kappa shape index (κ2) is 11.8. The summed E-state index contributed by atoms with van der Waals surface area (Å²) in [5.74, 6) is -0.593. The maximum absolute atomic E-state index is 15.5. The molecule has 3 aliphatic carbocycles. The lowest BCUT2D eigenvalue weighted by atomic mass is 9.87. The van der Waals surface area contributed by atoms with Crippen LogP contribution in [0.3, 0.4) is 0 Å². The SMILES string of the molecule is CCN1N=CCC1C(=O)N[C@H](C(=O)Nc1ccc([C@H](C)[C@@H](C)C(=O)N2CCN(C)C3(CC3)C2)cc1F)C(C1CC1)C1CC1. The van der Waals surface area contributed by atoms with Gasteiger partial charge in [0.05, 0.1) is 5.69 Å². The largest absolute Gasteiger partial charge is 0.342 e. The Morgan fingerprint density at radius 1 is 1.09 bits per heavy atom. The number of halogens is 1. The van der Waals surface area contributed by atoms with E-state index in [1.165, 1.54) is 6.07 Å². The number of carbonyl (C=O) groups is 3. The van der Waals surface area contributed by atoms with Crippen molar-refractivity contribution in [3.63, 3.8) is 0 Å². The number of carbonyl (C=O) groups excluding carboxylic acids is 3. The van der Waals surface area contributed by atoms with Crippen LogP contribution < -0.4 is 10.6 Å². The molecule has 3 saturated carbocycles. The van der Waals surface area contributed by atoms with Gasteiger partial charge in [-0.25, -0.2) is 4.39 Å². The van der Waals surface area contributed by atoms with Gasteiger partial charge >= 0.3 is 0 Å². The molecule has 1 aromatic carbocycles. The van der Waals surface area contributed by atoms with Crippen LogP contribution in [0.25, 0.3) is 0 Å². The van der Waals surface area contributed by atoms with Gasteiger partial charge in [0.2, 0.25) is 17.7 Å². The molecule has 234 valence electrons. The fraction of sp³-hybridized carbons (Fsp3) is 0.697. The predicted molar refractivity (Wildman–Crippen MR) is 164 cm³/mol. The van der Waals surface area contributed by atoms with Gasteiger partial charge in [0.1, 0.15) is 17.9 Å². The molecule has 2 N–H and O–H groups in total. The standard InChI is InChI=1S/C33H47FN6O3/c1-5-40-27(12-15-35-40)30(41)37-29(28(22-6-7-22)23-8-9-23)31(42)36-26-11-10-24(18-25(26)34)20(2)21(3)32(43)39-17-16-38(4)33(19-39)13-14-33/h10-11,15,18,20-23,27-29H,5-9,12-14,16-17,19H2,1-4H3,(H,36,42)(H,37,41)/t20-,21-,27?,29+/m1/s1. The second-order valence-electron chi connectivity index (χ2n) is 13.8. The highest BCUT2D eigenvalue weighted by Gasteiger charge is 2.51. The Hall–Kier alpha value is -3.01. The Balaban J connectivity index is 1.13. The minimum atomic E-state index is -0.721. The van der Waals surface area contributed by atoms with Crippen LogP contribution in [0.4, 0.5) is 10.1 Å². The van der Waals surface area contributed by atoms with Crippen LogP contribution in [0, 0.1) is 29.5 Å². The Morgan fingerprint density at radius 2 is 1.79 bits per heavy atom. The van der Waals surface area contributed by atoms with Crippen molar-refractivity contribution in [2.24, 2.45) is 28.8 Å². The molecular weight excluding hydrogens is 547 g/mol. The Bertz CT molecular complexity index is 1260. The molecule has 43 heavy (non-hydrogen) atoms. The number of nitrogens with one attached hydrogen (secondary N) is 2. The van der Waals surface area contributed by atoms with Crippen LogP contribution in [0.1, 0.15) is 77.2 Å². The molecule has 0 aromatic heterocycles. The predicted octanol–water partition coefficient (Wildman–Crippen LogP) is 3.81. The van der Waals surface area contributed by atoms with Gasteiger partial charge in [-0.15, -0.1) is 0 Å². The van der Waals surface area contributed by atoms with Gasteiger partial charge < -0.3 is 15.5 Å². The zero-order valence-electron chi connectivity index (χ0n) is 26.0. The van der Waals surface area contributed by atoms with E-state index in [0.717, 1.165) is 63.7 Å². The van der Waals surface area contributed by atoms with Crippen molar-refractivity contribution in [2.45, 2.75) is 89.3 Å². The molecule has 2 heterocycles. The van der Waals surface area contributed by atoms with Gasteiger partial charge in [-0.05, 0) is 93.9 Å². The minimum absolute atomic E-state index is 0.0555. The number of hydrogen-bond donors (Lipinski definition) is 2. The Morgan fingerprint density at radius 3 is 2.40 bits per heavy atom. The normalized spacial score (nSPS) is 25.1. The smallest absolute Gasteiger partial charge is 0.247 e. The fourth-order valence-corrected chi connectivity index (χ4v) is 7.33. The zero-order chi connectivity index (χ0) is 30.5. The van der Waals surface area contributed by atoms with Crippen molar-refractivity contribution in [1.82, 2.24) is 20.1 Å². The molecule has 9 nitrogen and oxygen atoms in total. The molecule has 0 radical (unpaired) electrons. The molecule has 4 atom stereocenters. The van der Waals surface area contributed by atoms with Crippen LogP contribution in [-0.4, -0.2) is 89.6 Å². The van der Waals surface area contributed by atoms with Crippen LogP contribution in [0.2, 0.25) is 0 Å². The molecule has 1 saturated heterocycles. The van der Waals surface area contributed by atoms with Crippen molar-refractivity contribution in [3.8, 4) is 0 Å². The molecule has 2 aliphatic heterocycles. The van der Waals surface area contributed by atoms with E-state index in [9.17, 15) is 14.4 Å². The van der Waals surface area contributed by atoms with Crippen molar-refractivity contribution in [1.29, 1.82) is 0 Å². The van der Waals surface area contributed by atoms with Gasteiger partial charge in [0, 0.05) is 50.3 Å². The van der Waals surface area contributed by atoms with Crippen LogP contribution in [0.15, 0.2) is 23.3 Å². The lowest BCUT2D eigenvalue weighted by Crippen LogP contribution is -2.56. The molecule has 1 unspecified atom stereocenters. The summed E-state index contributed by atoms with van der Waals surface area (Å²) < 4.78 is 15.5. The Kier molecular flexibility index (Phi) is 8.26. The average molecular weight is 595 g/mol. The highest BCUT2D eigenvalue weighted by atomic mass is 19.1. The number of amides is 3. The first-order chi connectivity index (χ1) is 20.6. The zero-order valence-corrected chi connectivity index (χ0v) is 26.0. The van der Waals surface area contributed by atoms with E-state index in [4.69, 9.17) is 0 Å². The highest BCUT2D eigenvalue weighted by molar-refractivity contribution is 5.98. The van der Waals surface area contributed by atoms with Gasteiger partial charge in [0.15, 0.2) is 0 Å². The highest BCUT2D eigenvalue weighted by Crippen LogP contribution is 2.51. The molecule has 1 aromatic rings. The molecule has 5 aliphatic rings. The van der Waals surface area contributed by atoms with E-state index < -0.39 is 17.9 Å². The summed E-state index contributed by atoms with van der Waals surface area (Å²) >= 11 is 0. The minimum Gasteiger partial charge on any atom is -0.342 e. The molecule has 6 rings (SSSR count). The van der Waals surface area contributed by atoms with Gasteiger partial charge in [-0.2, -0.15) is 5.10 Å². The lowest BCUT2D eigenvalue weighted by Gasteiger charge is -2.41. The number of rotatable bonds is 11. The van der Waals surface area contributed by atoms with E-state index >= 15 is 4.39 Å². The topological polar surface area (TPSA) is 97.3 Å². The van der Waals surface area contributed by atoms with E-state index in [-0.39, 0.29) is 46.7 Å². The molecule has 1 spiro atoms. The molecular formula is C33H47FN6O3. The first kappa shape index (κ1) is 30.0. The number of nitrogens with zero attached hydrogens (tertiary/aromatic N) is 4. The molecule has 0 bridgehead atoms. The molecule has 10 heteroatoms. The number of hydrazone groups is 1. The summed E-state index contributed by atoms with van der Waals surface area (Å²) in [4.78, 5) is 44.9. The average Bonchev–Trinajstić information content (AvgIpc) is 3.90. The van der Waals surface area contributed by atoms with E-state index in [2.05, 4.69) is 27.7 Å². The number of benzene rings is 1. The third-order valence-corrected chi connectivity index (χ3v) is 10.9. The van der Waals surface area contributed by atoms with E-state index in [1.54, 1.807) is 23.4 Å². The van der Waals surface area contributed by atoms with Crippen molar-refractivity contribution in [3.05, 3.63) is 29.6 Å². The van der Waals surface area contributed by atoms with Gasteiger partial charge in [-0.3, -0.25) is 24.3 Å². The quantitative estimate of drug-likeness (QED) is 0.406. The summed E-state index contributed by atoms with van der Waals surface area (Å²) in [5, 5.41) is 11.9. The van der Waals surface area contributed by atoms with E-state index in [0.29, 0.717) is 24.8 Å². The number of likely N-dealkylation sites (N-methyl/N-ethyl adjacent to an activating group) is 2. The van der Waals surface area contributed by atoms with Gasteiger partial charge in [-0.1, -0.05) is 19.9 Å². The number of anilines is 1. The van der Waals surface area contributed by atoms with E-state index in [1.807, 2.05) is 25.7 Å². The van der Waals surface area contributed by atoms with Gasteiger partial charge in [0.25, 0.3) is 0 Å². The summed E-state index contributed by atoms with van der Waals surface area (Å²) in [6.07, 6.45) is 8.74. The van der Waals surface area contributed by atoms with Crippen LogP contribution in [-0.2, 0) is 14.4 Å². The summed E-state index contributed by atoms with van der Waals surface area (Å²) in [7, 11) is 2.14. The maximum atomic E-state index is 15.5. The third kappa shape index (κ3) is 6.17. The summed E-state index contributed by atoms with van der Waals surface area (Å²) in [6.45, 7) is 8.82. The molecule has 4 fully saturated rings. The number of hydrogen-bond acceptors (Lipinski definition) is 6. The summed E-state index contributed by atoms with van der Waals surface area (Å²) in [5.41, 5.74) is 0.975. The molecule has 3 amide bonds.